The maximum atomic E-state index is 11.7. The maximum Gasteiger partial charge on any atom is 0.277 e. The SMILES string of the molecule is CCc1ccc(OCC(=O)NN=Cc2ccc(Cl)cc2)c(Br)c1. The number of ether oxygens (including phenoxy) is 1. The zero-order valence-electron chi connectivity index (χ0n) is 12.6. The topological polar surface area (TPSA) is 50.7 Å². The van der Waals surface area contributed by atoms with E-state index in [-0.39, 0.29) is 12.5 Å². The molecule has 2 rings (SSSR count). The largest absolute Gasteiger partial charge is 0.483 e. The van der Waals surface area contributed by atoms with Crippen molar-refractivity contribution in [2.24, 2.45) is 5.10 Å². The van der Waals surface area contributed by atoms with Gasteiger partial charge in [-0.15, -0.1) is 0 Å². The molecule has 0 saturated heterocycles. The molecule has 0 bridgehead atoms. The number of nitrogens with zero attached hydrogens (tertiary/aromatic N) is 1. The Balaban J connectivity index is 1.82. The standard InChI is InChI=1S/C17H16BrClN2O2/c1-2-12-5-8-16(15(18)9-12)23-11-17(22)21-20-10-13-3-6-14(19)7-4-13/h3-10H,2,11H2,1H3,(H,21,22). The lowest BCUT2D eigenvalue weighted by Crippen LogP contribution is -2.24. The van der Waals surface area contributed by atoms with Crippen molar-refractivity contribution in [1.82, 2.24) is 5.43 Å². The molecular formula is C17H16BrClN2O2. The predicted octanol–water partition coefficient (Wildman–Crippen LogP) is 4.19. The first-order chi connectivity index (χ1) is 11.1. The average molecular weight is 396 g/mol. The van der Waals surface area contributed by atoms with Crippen LogP contribution in [0.2, 0.25) is 5.02 Å². The number of nitrogens with one attached hydrogen (secondary N) is 1. The van der Waals surface area contributed by atoms with Gasteiger partial charge in [0.2, 0.25) is 0 Å². The van der Waals surface area contributed by atoms with E-state index in [1.807, 2.05) is 18.2 Å². The Morgan fingerprint density at radius 2 is 2.04 bits per heavy atom. The highest BCUT2D eigenvalue weighted by Gasteiger charge is 2.05. The number of hydrazone groups is 1. The maximum absolute atomic E-state index is 11.7. The lowest BCUT2D eigenvalue weighted by atomic mass is 10.2. The van der Waals surface area contributed by atoms with E-state index in [0.717, 1.165) is 16.5 Å². The first kappa shape index (κ1) is 17.5. The van der Waals surface area contributed by atoms with Crippen molar-refractivity contribution in [3.8, 4) is 5.75 Å². The Labute approximate surface area is 148 Å². The lowest BCUT2D eigenvalue weighted by Gasteiger charge is -2.08. The molecule has 120 valence electrons. The minimum absolute atomic E-state index is 0.109. The number of benzene rings is 2. The molecular weight excluding hydrogens is 380 g/mol. The monoisotopic (exact) mass is 394 g/mol. The number of amides is 1. The van der Waals surface area contributed by atoms with Crippen molar-refractivity contribution >= 4 is 39.7 Å². The van der Waals surface area contributed by atoms with Crippen molar-refractivity contribution in [2.75, 3.05) is 6.61 Å². The summed E-state index contributed by atoms with van der Waals surface area (Å²) in [6.07, 6.45) is 2.49. The second-order valence-corrected chi connectivity index (χ2v) is 6.04. The van der Waals surface area contributed by atoms with E-state index >= 15 is 0 Å². The van der Waals surface area contributed by atoms with Gasteiger partial charge in [-0.3, -0.25) is 4.79 Å². The third-order valence-electron chi connectivity index (χ3n) is 3.04. The van der Waals surface area contributed by atoms with Gasteiger partial charge < -0.3 is 4.74 Å². The third-order valence-corrected chi connectivity index (χ3v) is 3.91. The lowest BCUT2D eigenvalue weighted by molar-refractivity contribution is -0.123. The molecule has 0 aromatic heterocycles. The summed E-state index contributed by atoms with van der Waals surface area (Å²) in [5.41, 5.74) is 4.45. The molecule has 23 heavy (non-hydrogen) atoms. The minimum atomic E-state index is -0.332. The summed E-state index contributed by atoms with van der Waals surface area (Å²) < 4.78 is 6.29. The number of halogens is 2. The number of rotatable bonds is 6. The fourth-order valence-electron chi connectivity index (χ4n) is 1.78. The summed E-state index contributed by atoms with van der Waals surface area (Å²) in [4.78, 5) is 11.7. The number of carbonyl (C=O) groups is 1. The first-order valence-electron chi connectivity index (χ1n) is 7.07. The van der Waals surface area contributed by atoms with Crippen LogP contribution in [0, 0.1) is 0 Å². The van der Waals surface area contributed by atoms with Crippen LogP contribution in [-0.2, 0) is 11.2 Å². The minimum Gasteiger partial charge on any atom is -0.483 e. The van der Waals surface area contributed by atoms with Crippen LogP contribution in [0.15, 0.2) is 52.0 Å². The molecule has 4 nitrogen and oxygen atoms in total. The zero-order chi connectivity index (χ0) is 16.7. The molecule has 0 radical (unpaired) electrons. The Hall–Kier alpha value is -1.85. The van der Waals surface area contributed by atoms with Crippen LogP contribution in [0.5, 0.6) is 5.75 Å². The molecule has 0 aliphatic heterocycles. The van der Waals surface area contributed by atoms with Crippen molar-refractivity contribution in [3.05, 3.63) is 63.1 Å². The van der Waals surface area contributed by atoms with Gasteiger partial charge in [0.25, 0.3) is 5.91 Å². The van der Waals surface area contributed by atoms with Gasteiger partial charge in [-0.2, -0.15) is 5.10 Å². The van der Waals surface area contributed by atoms with Crippen LogP contribution >= 0.6 is 27.5 Å². The van der Waals surface area contributed by atoms with Gasteiger partial charge in [-0.25, -0.2) is 5.43 Å². The third kappa shape index (κ3) is 5.69. The highest BCUT2D eigenvalue weighted by atomic mass is 79.9. The Morgan fingerprint density at radius 1 is 1.30 bits per heavy atom. The molecule has 1 N–H and O–H groups in total. The van der Waals surface area contributed by atoms with E-state index in [4.69, 9.17) is 16.3 Å². The van der Waals surface area contributed by atoms with Crippen LogP contribution in [0.25, 0.3) is 0 Å². The van der Waals surface area contributed by atoms with Gasteiger partial charge in [0.05, 0.1) is 10.7 Å². The number of carbonyl (C=O) groups excluding carboxylic acids is 1. The number of hydrogen-bond acceptors (Lipinski definition) is 3. The summed E-state index contributed by atoms with van der Waals surface area (Å²) >= 11 is 9.22. The Bertz CT molecular complexity index is 702. The van der Waals surface area contributed by atoms with Gasteiger partial charge >= 0.3 is 0 Å². The van der Waals surface area contributed by atoms with E-state index in [0.29, 0.717) is 10.8 Å². The molecule has 0 spiro atoms. The molecule has 0 atom stereocenters. The molecule has 2 aromatic carbocycles. The van der Waals surface area contributed by atoms with E-state index in [9.17, 15) is 4.79 Å². The van der Waals surface area contributed by atoms with Gasteiger partial charge in [0.1, 0.15) is 5.75 Å². The molecule has 6 heteroatoms. The van der Waals surface area contributed by atoms with E-state index < -0.39 is 0 Å². The van der Waals surface area contributed by atoms with Crippen LogP contribution in [-0.4, -0.2) is 18.7 Å². The fraction of sp³-hybridized carbons (Fsp3) is 0.176. The van der Waals surface area contributed by atoms with Crippen molar-refractivity contribution in [1.29, 1.82) is 0 Å². The van der Waals surface area contributed by atoms with E-state index in [2.05, 4.69) is 33.4 Å². The summed E-state index contributed by atoms with van der Waals surface area (Å²) in [6.45, 7) is 1.97. The summed E-state index contributed by atoms with van der Waals surface area (Å²) in [5.74, 6) is 0.292. The number of aryl methyl sites for hydroxylation is 1. The van der Waals surface area contributed by atoms with Crippen LogP contribution < -0.4 is 10.2 Å². The molecule has 0 aliphatic carbocycles. The summed E-state index contributed by atoms with van der Waals surface area (Å²) in [5, 5.41) is 4.53. The fourth-order valence-corrected chi connectivity index (χ4v) is 2.45. The predicted molar refractivity (Wildman–Crippen MR) is 96.2 cm³/mol. The first-order valence-corrected chi connectivity index (χ1v) is 8.24. The van der Waals surface area contributed by atoms with Crippen LogP contribution in [0.1, 0.15) is 18.1 Å². The average Bonchev–Trinajstić information content (AvgIpc) is 2.55. The van der Waals surface area contributed by atoms with E-state index in [1.54, 1.807) is 30.5 Å². The van der Waals surface area contributed by atoms with Gasteiger partial charge in [0.15, 0.2) is 6.61 Å². The Kier molecular flexibility index (Phi) is 6.62. The van der Waals surface area contributed by atoms with E-state index in [1.165, 1.54) is 5.56 Å². The molecule has 1 amide bonds. The van der Waals surface area contributed by atoms with Crippen molar-refractivity contribution in [3.63, 3.8) is 0 Å². The zero-order valence-corrected chi connectivity index (χ0v) is 14.9. The molecule has 0 aliphatic rings. The second kappa shape index (κ2) is 8.70. The van der Waals surface area contributed by atoms with Crippen LogP contribution in [0.4, 0.5) is 0 Å². The summed E-state index contributed by atoms with van der Waals surface area (Å²) in [7, 11) is 0. The molecule has 0 saturated carbocycles. The molecule has 0 fully saturated rings. The molecule has 0 heterocycles. The molecule has 2 aromatic rings. The highest BCUT2D eigenvalue weighted by molar-refractivity contribution is 9.10. The van der Waals surface area contributed by atoms with Crippen molar-refractivity contribution in [2.45, 2.75) is 13.3 Å². The van der Waals surface area contributed by atoms with Gasteiger partial charge in [0, 0.05) is 5.02 Å². The highest BCUT2D eigenvalue weighted by Crippen LogP contribution is 2.26. The van der Waals surface area contributed by atoms with Gasteiger partial charge in [-0.1, -0.05) is 36.7 Å². The number of hydrogen-bond donors (Lipinski definition) is 1. The smallest absolute Gasteiger partial charge is 0.277 e. The quantitative estimate of drug-likeness (QED) is 0.589. The summed E-state index contributed by atoms with van der Waals surface area (Å²) in [6, 6.07) is 12.9. The normalized spacial score (nSPS) is 10.7. The molecule has 0 unspecified atom stereocenters. The second-order valence-electron chi connectivity index (χ2n) is 4.75. The van der Waals surface area contributed by atoms with Crippen LogP contribution in [0.3, 0.4) is 0 Å². The van der Waals surface area contributed by atoms with Crippen molar-refractivity contribution < 1.29 is 9.53 Å². The Morgan fingerprint density at radius 3 is 2.70 bits per heavy atom. The van der Waals surface area contributed by atoms with Gasteiger partial charge in [-0.05, 0) is 57.7 Å².